The molecule has 0 unspecified atom stereocenters. The van der Waals surface area contributed by atoms with Crippen molar-refractivity contribution < 1.29 is 4.79 Å². The number of nitrogens with one attached hydrogen (secondary N) is 3. The minimum absolute atomic E-state index is 0.169. The maximum Gasteiger partial charge on any atom is 0.268 e. The molecule has 0 aliphatic rings. The topological polar surface area (TPSA) is 73.6 Å². The van der Waals surface area contributed by atoms with Gasteiger partial charge in [-0.2, -0.15) is 0 Å². The third-order valence-electron chi connectivity index (χ3n) is 4.22. The van der Waals surface area contributed by atoms with Gasteiger partial charge in [-0.1, -0.05) is 42.5 Å². The van der Waals surface area contributed by atoms with Gasteiger partial charge >= 0.3 is 0 Å². The van der Waals surface area contributed by atoms with Crippen LogP contribution in [0.15, 0.2) is 71.3 Å². The average molecular weight is 409 g/mol. The van der Waals surface area contributed by atoms with E-state index < -0.39 is 0 Å². The Morgan fingerprint density at radius 1 is 1.12 bits per heavy atom. The highest BCUT2D eigenvalue weighted by Gasteiger charge is 2.20. The van der Waals surface area contributed by atoms with Crippen LogP contribution in [0.1, 0.15) is 27.9 Å². The maximum absolute atomic E-state index is 12.6. The van der Waals surface area contributed by atoms with Crippen molar-refractivity contribution in [1.29, 1.82) is 0 Å². The van der Waals surface area contributed by atoms with Gasteiger partial charge in [0, 0.05) is 10.7 Å². The van der Waals surface area contributed by atoms with Gasteiger partial charge in [0.05, 0.1) is 17.1 Å². The van der Waals surface area contributed by atoms with Crippen LogP contribution in [0.3, 0.4) is 0 Å². The first kappa shape index (κ1) is 16.6. The van der Waals surface area contributed by atoms with Crippen LogP contribution in [0, 0.1) is 0 Å². The molecule has 0 saturated carbocycles. The fraction of sp³-hybridized carbons (Fsp3) is 0.100. The Morgan fingerprint density at radius 3 is 2.62 bits per heavy atom. The van der Waals surface area contributed by atoms with E-state index in [1.54, 1.807) is 12.3 Å². The lowest BCUT2D eigenvalue weighted by Crippen LogP contribution is -2.31. The van der Waals surface area contributed by atoms with Crippen LogP contribution in [0.25, 0.3) is 11.0 Å². The van der Waals surface area contributed by atoms with E-state index >= 15 is 0 Å². The zero-order valence-electron chi connectivity index (χ0n) is 13.9. The van der Waals surface area contributed by atoms with E-state index in [1.165, 1.54) is 0 Å². The Morgan fingerprint density at radius 2 is 1.88 bits per heavy atom. The quantitative estimate of drug-likeness (QED) is 0.458. The number of aromatic amines is 2. The lowest BCUT2D eigenvalue weighted by atomic mass is 10.1. The molecule has 26 heavy (non-hydrogen) atoms. The van der Waals surface area contributed by atoms with Crippen LogP contribution in [-0.2, 0) is 6.42 Å². The number of rotatable bonds is 5. The van der Waals surface area contributed by atoms with Crippen LogP contribution in [0.4, 0.5) is 0 Å². The minimum Gasteiger partial charge on any atom is -0.356 e. The molecule has 5 nitrogen and oxygen atoms in total. The first-order valence-corrected chi connectivity index (χ1v) is 9.12. The van der Waals surface area contributed by atoms with Crippen molar-refractivity contribution in [2.24, 2.45) is 0 Å². The Bertz CT molecular complexity index is 1010. The number of nitrogens with zero attached hydrogens (tertiary/aromatic N) is 1. The van der Waals surface area contributed by atoms with Crippen molar-refractivity contribution in [3.05, 3.63) is 88.4 Å². The van der Waals surface area contributed by atoms with Gasteiger partial charge in [0.15, 0.2) is 0 Å². The summed E-state index contributed by atoms with van der Waals surface area (Å²) in [5.74, 6) is 0.575. The highest BCUT2D eigenvalue weighted by Crippen LogP contribution is 2.21. The lowest BCUT2D eigenvalue weighted by molar-refractivity contribution is 0.0930. The number of aromatic nitrogens is 3. The number of benzene rings is 2. The Balaban J connectivity index is 1.65. The van der Waals surface area contributed by atoms with Crippen molar-refractivity contribution in [2.75, 3.05) is 0 Å². The molecule has 4 rings (SSSR count). The fourth-order valence-corrected chi connectivity index (χ4v) is 3.28. The number of fused-ring (bicyclic) bond motifs is 1. The number of carbonyl (C=O) groups excluding carboxylic acids is 1. The van der Waals surface area contributed by atoms with Crippen molar-refractivity contribution in [3.8, 4) is 0 Å². The molecular weight excluding hydrogens is 392 g/mol. The zero-order chi connectivity index (χ0) is 17.9. The molecule has 0 fully saturated rings. The smallest absolute Gasteiger partial charge is 0.268 e. The van der Waals surface area contributed by atoms with Gasteiger partial charge in [0.1, 0.15) is 11.5 Å². The van der Waals surface area contributed by atoms with E-state index in [9.17, 15) is 4.79 Å². The van der Waals surface area contributed by atoms with E-state index in [2.05, 4.69) is 36.2 Å². The molecule has 3 N–H and O–H groups in total. The summed E-state index contributed by atoms with van der Waals surface area (Å²) < 4.78 is 0.839. The highest BCUT2D eigenvalue weighted by atomic mass is 79.9. The Hall–Kier alpha value is -2.86. The lowest BCUT2D eigenvalue weighted by Gasteiger charge is -2.16. The van der Waals surface area contributed by atoms with Crippen LogP contribution in [-0.4, -0.2) is 20.9 Å². The number of halogens is 1. The van der Waals surface area contributed by atoms with Crippen molar-refractivity contribution >= 4 is 32.9 Å². The fourth-order valence-electron chi connectivity index (χ4n) is 2.94. The molecular formula is C20H17BrN4O. The van der Waals surface area contributed by atoms with Crippen molar-refractivity contribution in [3.63, 3.8) is 0 Å². The molecule has 130 valence electrons. The first-order chi connectivity index (χ1) is 12.7. The SMILES string of the molecule is O=C(N[C@@H](Cc1ccccc1)c1nc2ccccc2[nH]1)c1cc(Br)c[nH]1. The zero-order valence-corrected chi connectivity index (χ0v) is 15.5. The molecule has 4 aromatic rings. The third-order valence-corrected chi connectivity index (χ3v) is 4.68. The van der Waals surface area contributed by atoms with Crippen LogP contribution >= 0.6 is 15.9 Å². The normalized spacial score (nSPS) is 12.2. The summed E-state index contributed by atoms with van der Waals surface area (Å²) in [5.41, 5.74) is 3.48. The molecule has 0 bridgehead atoms. The van der Waals surface area contributed by atoms with Gasteiger partial charge in [0.2, 0.25) is 0 Å². The standard InChI is InChI=1S/C20H17BrN4O/c21-14-11-18(22-12-14)20(26)25-17(10-13-6-2-1-3-7-13)19-23-15-8-4-5-9-16(15)24-19/h1-9,11-12,17,22H,10H2,(H,23,24)(H,25,26)/t17-/m0/s1. The van der Waals surface area contributed by atoms with Gasteiger partial charge < -0.3 is 15.3 Å². The summed E-state index contributed by atoms with van der Waals surface area (Å²) in [6.45, 7) is 0. The molecule has 1 atom stereocenters. The van der Waals surface area contributed by atoms with Crippen LogP contribution in [0.5, 0.6) is 0 Å². The molecule has 0 aliphatic heterocycles. The van der Waals surface area contributed by atoms with Gasteiger partial charge in [0.25, 0.3) is 5.91 Å². The number of carbonyl (C=O) groups is 1. The molecule has 0 aliphatic carbocycles. The summed E-state index contributed by atoms with van der Waals surface area (Å²) in [6.07, 6.45) is 2.39. The summed E-state index contributed by atoms with van der Waals surface area (Å²) in [4.78, 5) is 23.6. The van der Waals surface area contributed by atoms with Gasteiger partial charge in [-0.25, -0.2) is 4.98 Å². The third kappa shape index (κ3) is 3.55. The van der Waals surface area contributed by atoms with E-state index in [4.69, 9.17) is 0 Å². The molecule has 0 saturated heterocycles. The summed E-state index contributed by atoms with van der Waals surface area (Å²) >= 11 is 3.36. The second-order valence-corrected chi connectivity index (χ2v) is 7.00. The highest BCUT2D eigenvalue weighted by molar-refractivity contribution is 9.10. The number of para-hydroxylation sites is 2. The molecule has 2 aromatic carbocycles. The number of H-pyrrole nitrogens is 2. The van der Waals surface area contributed by atoms with Gasteiger partial charge in [-0.3, -0.25) is 4.79 Å². The number of hydrogen-bond donors (Lipinski definition) is 3. The molecule has 0 spiro atoms. The van der Waals surface area contributed by atoms with Gasteiger partial charge in [-0.05, 0) is 46.1 Å². The van der Waals surface area contributed by atoms with Crippen LogP contribution in [0.2, 0.25) is 0 Å². The average Bonchev–Trinajstić information content (AvgIpc) is 3.28. The number of hydrogen-bond acceptors (Lipinski definition) is 2. The molecule has 0 radical (unpaired) electrons. The Kier molecular flexibility index (Phi) is 4.58. The second kappa shape index (κ2) is 7.17. The van der Waals surface area contributed by atoms with Gasteiger partial charge in [-0.15, -0.1) is 0 Å². The molecule has 2 aromatic heterocycles. The monoisotopic (exact) mass is 408 g/mol. The van der Waals surface area contributed by atoms with E-state index in [1.807, 2.05) is 54.6 Å². The molecule has 6 heteroatoms. The summed E-state index contributed by atoms with van der Waals surface area (Å²) in [5, 5.41) is 3.09. The first-order valence-electron chi connectivity index (χ1n) is 8.32. The van der Waals surface area contributed by atoms with Crippen molar-refractivity contribution in [1.82, 2.24) is 20.3 Å². The molecule has 2 heterocycles. The molecule has 1 amide bonds. The van der Waals surface area contributed by atoms with E-state index in [0.717, 1.165) is 26.9 Å². The largest absolute Gasteiger partial charge is 0.356 e. The minimum atomic E-state index is -0.264. The Labute approximate surface area is 159 Å². The predicted molar refractivity (Wildman–Crippen MR) is 105 cm³/mol. The van der Waals surface area contributed by atoms with E-state index in [0.29, 0.717) is 12.1 Å². The predicted octanol–water partition coefficient (Wildman–Crippen LogP) is 4.37. The second-order valence-electron chi connectivity index (χ2n) is 6.09. The van der Waals surface area contributed by atoms with Crippen molar-refractivity contribution in [2.45, 2.75) is 12.5 Å². The van der Waals surface area contributed by atoms with E-state index in [-0.39, 0.29) is 11.9 Å². The summed E-state index contributed by atoms with van der Waals surface area (Å²) in [6, 6.07) is 19.4. The maximum atomic E-state index is 12.6. The van der Waals surface area contributed by atoms with Crippen LogP contribution < -0.4 is 5.32 Å². The number of amides is 1. The summed E-state index contributed by atoms with van der Waals surface area (Å²) in [7, 11) is 0. The number of imidazole rings is 1.